The van der Waals surface area contributed by atoms with Gasteiger partial charge in [-0.25, -0.2) is 9.50 Å². The van der Waals surface area contributed by atoms with E-state index in [1.807, 2.05) is 66.9 Å². The Labute approximate surface area is 195 Å². The average Bonchev–Trinajstić information content (AvgIpc) is 3.50. The highest BCUT2D eigenvalue weighted by atomic mass is 16.5. The number of rotatable bonds is 5. The zero-order chi connectivity index (χ0) is 23.2. The first-order valence-electron chi connectivity index (χ1n) is 11.5. The van der Waals surface area contributed by atoms with Gasteiger partial charge in [0.1, 0.15) is 5.65 Å². The molecule has 0 bridgehead atoms. The van der Waals surface area contributed by atoms with Crippen molar-refractivity contribution < 1.29 is 9.47 Å². The summed E-state index contributed by atoms with van der Waals surface area (Å²) >= 11 is 0. The Morgan fingerprint density at radius 3 is 2.82 bits per heavy atom. The Morgan fingerprint density at radius 1 is 1.09 bits per heavy atom. The zero-order valence-electron chi connectivity index (χ0n) is 19.2. The third-order valence-electron chi connectivity index (χ3n) is 6.34. The van der Waals surface area contributed by atoms with Crippen molar-refractivity contribution in [3.05, 3.63) is 76.0 Å². The molecule has 1 fully saturated rings. The van der Waals surface area contributed by atoms with Gasteiger partial charge in [0.05, 0.1) is 47.3 Å². The minimum absolute atomic E-state index is 0.0961. The SMILES string of the molecule is Cc1ccc2nc(Cn3c(=O)c4ccccc4n4nc(C)cc34)nc(OCC3CCOC3)c2c1. The highest BCUT2D eigenvalue weighted by Gasteiger charge is 2.19. The van der Waals surface area contributed by atoms with Crippen molar-refractivity contribution in [1.29, 1.82) is 0 Å². The Balaban J connectivity index is 1.47. The van der Waals surface area contributed by atoms with E-state index in [0.29, 0.717) is 41.9 Å². The second kappa shape index (κ2) is 8.22. The number of hydrogen-bond donors (Lipinski definition) is 0. The number of benzene rings is 2. The summed E-state index contributed by atoms with van der Waals surface area (Å²) in [5.74, 6) is 1.42. The maximum atomic E-state index is 13.5. The summed E-state index contributed by atoms with van der Waals surface area (Å²) in [6.45, 7) is 6.19. The van der Waals surface area contributed by atoms with Gasteiger partial charge in [-0.1, -0.05) is 23.8 Å². The molecule has 5 aromatic rings. The molecule has 1 aliphatic rings. The normalized spacial score (nSPS) is 16.1. The van der Waals surface area contributed by atoms with Gasteiger partial charge in [0.15, 0.2) is 5.82 Å². The largest absolute Gasteiger partial charge is 0.477 e. The molecule has 0 saturated carbocycles. The molecule has 34 heavy (non-hydrogen) atoms. The van der Waals surface area contributed by atoms with Gasteiger partial charge in [0.2, 0.25) is 5.88 Å². The van der Waals surface area contributed by atoms with Crippen LogP contribution in [0.2, 0.25) is 0 Å². The van der Waals surface area contributed by atoms with E-state index in [1.54, 1.807) is 4.57 Å². The Hall–Kier alpha value is -3.78. The highest BCUT2D eigenvalue weighted by molar-refractivity contribution is 5.84. The molecule has 0 N–H and O–H groups in total. The van der Waals surface area contributed by atoms with Crippen molar-refractivity contribution in [1.82, 2.24) is 24.1 Å². The van der Waals surface area contributed by atoms with E-state index >= 15 is 0 Å². The van der Waals surface area contributed by atoms with E-state index in [1.165, 1.54) is 0 Å². The number of aromatic nitrogens is 5. The molecule has 3 aromatic heterocycles. The van der Waals surface area contributed by atoms with Crippen LogP contribution in [0.15, 0.2) is 53.3 Å². The van der Waals surface area contributed by atoms with Crippen LogP contribution in [0.5, 0.6) is 5.88 Å². The molecule has 0 radical (unpaired) electrons. The van der Waals surface area contributed by atoms with Crippen molar-refractivity contribution in [2.45, 2.75) is 26.8 Å². The number of fused-ring (bicyclic) bond motifs is 4. The first-order chi connectivity index (χ1) is 16.6. The fourth-order valence-corrected chi connectivity index (χ4v) is 4.59. The molecule has 4 heterocycles. The van der Waals surface area contributed by atoms with Gasteiger partial charge >= 0.3 is 0 Å². The molecule has 8 heteroatoms. The van der Waals surface area contributed by atoms with Gasteiger partial charge in [-0.3, -0.25) is 9.36 Å². The van der Waals surface area contributed by atoms with Crippen LogP contribution in [0.1, 0.15) is 23.5 Å². The minimum atomic E-state index is -0.0961. The molecule has 0 spiro atoms. The molecule has 172 valence electrons. The molecule has 8 nitrogen and oxygen atoms in total. The molecule has 1 saturated heterocycles. The summed E-state index contributed by atoms with van der Waals surface area (Å²) < 4.78 is 15.2. The van der Waals surface area contributed by atoms with E-state index in [9.17, 15) is 4.79 Å². The molecule has 1 atom stereocenters. The second-order valence-corrected chi connectivity index (χ2v) is 8.97. The minimum Gasteiger partial charge on any atom is -0.477 e. The Morgan fingerprint density at radius 2 is 1.97 bits per heavy atom. The molecule has 2 aromatic carbocycles. The topological polar surface area (TPSA) is 83.5 Å². The van der Waals surface area contributed by atoms with Crippen molar-refractivity contribution in [2.24, 2.45) is 5.92 Å². The van der Waals surface area contributed by atoms with Crippen molar-refractivity contribution in [3.63, 3.8) is 0 Å². The van der Waals surface area contributed by atoms with E-state index in [0.717, 1.165) is 40.7 Å². The summed E-state index contributed by atoms with van der Waals surface area (Å²) in [6, 6.07) is 15.5. The smallest absolute Gasteiger partial charge is 0.262 e. The van der Waals surface area contributed by atoms with Crippen LogP contribution in [0.25, 0.3) is 27.5 Å². The molecule has 1 unspecified atom stereocenters. The summed E-state index contributed by atoms with van der Waals surface area (Å²) in [5, 5.41) is 6.09. The monoisotopic (exact) mass is 455 g/mol. The van der Waals surface area contributed by atoms with Crippen molar-refractivity contribution in [3.8, 4) is 5.88 Å². The maximum Gasteiger partial charge on any atom is 0.262 e. The van der Waals surface area contributed by atoms with Crippen LogP contribution in [-0.4, -0.2) is 44.0 Å². The fraction of sp³-hybridized carbons (Fsp3) is 0.308. The average molecular weight is 456 g/mol. The van der Waals surface area contributed by atoms with Crippen LogP contribution < -0.4 is 10.3 Å². The lowest BCUT2D eigenvalue weighted by Gasteiger charge is -2.14. The number of aryl methyl sites for hydroxylation is 2. The predicted octanol–water partition coefficient (Wildman–Crippen LogP) is 3.67. The molecular weight excluding hydrogens is 430 g/mol. The standard InChI is InChI=1S/C26H25N5O3/c1-16-7-8-21-20(11-16)25(34-15-18-9-10-33-14-18)28-23(27-21)13-30-24-12-17(2)29-31(24)22-6-4-3-5-19(22)26(30)32/h3-8,11-12,18H,9-10,13-15H2,1-2H3. The maximum absolute atomic E-state index is 13.5. The van der Waals surface area contributed by atoms with Crippen LogP contribution in [-0.2, 0) is 11.3 Å². The van der Waals surface area contributed by atoms with E-state index < -0.39 is 0 Å². The van der Waals surface area contributed by atoms with Crippen LogP contribution in [0, 0.1) is 19.8 Å². The lowest BCUT2D eigenvalue weighted by atomic mass is 10.1. The van der Waals surface area contributed by atoms with Gasteiger partial charge < -0.3 is 9.47 Å². The second-order valence-electron chi connectivity index (χ2n) is 8.97. The molecule has 0 amide bonds. The number of ether oxygens (including phenoxy) is 2. The van der Waals surface area contributed by atoms with Crippen molar-refractivity contribution >= 4 is 27.5 Å². The van der Waals surface area contributed by atoms with Gasteiger partial charge in [0.25, 0.3) is 5.56 Å². The van der Waals surface area contributed by atoms with Crippen LogP contribution in [0.3, 0.4) is 0 Å². The van der Waals surface area contributed by atoms with Crippen LogP contribution in [0.4, 0.5) is 0 Å². The first kappa shape index (κ1) is 20.8. The third-order valence-corrected chi connectivity index (χ3v) is 6.34. The Kier molecular flexibility index (Phi) is 5.03. The quantitative estimate of drug-likeness (QED) is 0.402. The number of para-hydroxylation sites is 1. The van der Waals surface area contributed by atoms with Gasteiger partial charge in [-0.15, -0.1) is 0 Å². The van der Waals surface area contributed by atoms with Gasteiger partial charge in [-0.2, -0.15) is 10.1 Å². The molecule has 1 aliphatic heterocycles. The summed E-state index contributed by atoms with van der Waals surface area (Å²) in [6.07, 6.45) is 0.986. The first-order valence-corrected chi connectivity index (χ1v) is 11.5. The summed E-state index contributed by atoms with van der Waals surface area (Å²) in [5.41, 5.74) is 4.13. The fourth-order valence-electron chi connectivity index (χ4n) is 4.59. The Bertz CT molecular complexity index is 1600. The molecule has 6 rings (SSSR count). The van der Waals surface area contributed by atoms with E-state index in [4.69, 9.17) is 19.4 Å². The van der Waals surface area contributed by atoms with Gasteiger partial charge in [0, 0.05) is 18.6 Å². The highest BCUT2D eigenvalue weighted by Crippen LogP contribution is 2.26. The number of hydrogen-bond acceptors (Lipinski definition) is 6. The van der Waals surface area contributed by atoms with Crippen molar-refractivity contribution in [2.75, 3.05) is 19.8 Å². The van der Waals surface area contributed by atoms with E-state index in [-0.39, 0.29) is 12.1 Å². The lowest BCUT2D eigenvalue weighted by molar-refractivity contribution is 0.166. The summed E-state index contributed by atoms with van der Waals surface area (Å²) in [4.78, 5) is 23.0. The van der Waals surface area contributed by atoms with Crippen LogP contribution >= 0.6 is 0 Å². The zero-order valence-corrected chi connectivity index (χ0v) is 19.2. The third kappa shape index (κ3) is 3.60. The van der Waals surface area contributed by atoms with E-state index in [2.05, 4.69) is 5.10 Å². The van der Waals surface area contributed by atoms with Gasteiger partial charge in [-0.05, 0) is 44.5 Å². The predicted molar refractivity (Wildman–Crippen MR) is 129 cm³/mol. The molecule has 0 aliphatic carbocycles. The summed E-state index contributed by atoms with van der Waals surface area (Å²) in [7, 11) is 0. The molecular formula is C26H25N5O3. The lowest BCUT2D eigenvalue weighted by Crippen LogP contribution is -2.24. The number of nitrogens with zero attached hydrogens (tertiary/aromatic N) is 5.